The number of nitrogens with one attached hydrogen (secondary N) is 3. The number of H-pyrrole nitrogens is 1. The van der Waals surface area contributed by atoms with E-state index in [0.29, 0.717) is 25.3 Å². The van der Waals surface area contributed by atoms with Crippen LogP contribution in [-0.2, 0) is 5.75 Å². The van der Waals surface area contributed by atoms with Crippen LogP contribution < -0.4 is 10.6 Å². The van der Waals surface area contributed by atoms with E-state index in [9.17, 15) is 10.1 Å². The van der Waals surface area contributed by atoms with E-state index in [2.05, 4.69) is 26.5 Å². The number of nitro groups is 1. The lowest BCUT2D eigenvalue weighted by molar-refractivity contribution is -0.404. The van der Waals surface area contributed by atoms with Gasteiger partial charge < -0.3 is 15.6 Å². The molecule has 0 aliphatic heterocycles. The minimum atomic E-state index is -0.475. The van der Waals surface area contributed by atoms with Crippen LogP contribution in [0.1, 0.15) is 24.2 Å². The van der Waals surface area contributed by atoms with Crippen molar-refractivity contribution in [3.63, 3.8) is 0 Å². The van der Waals surface area contributed by atoms with Gasteiger partial charge in [-0.3, -0.25) is 10.1 Å². The van der Waals surface area contributed by atoms with Crippen molar-refractivity contribution in [1.29, 1.82) is 0 Å². The average Bonchev–Trinajstić information content (AvgIpc) is 2.88. The van der Waals surface area contributed by atoms with Gasteiger partial charge in [-0.05, 0) is 13.3 Å². The molecule has 0 aromatic carbocycles. The molecule has 0 atom stereocenters. The van der Waals surface area contributed by atoms with Gasteiger partial charge in [-0.25, -0.2) is 4.98 Å². The van der Waals surface area contributed by atoms with Gasteiger partial charge in [0.25, 0.3) is 6.20 Å². The van der Waals surface area contributed by atoms with Crippen molar-refractivity contribution in [1.82, 2.24) is 20.6 Å². The molecule has 1 aromatic rings. The minimum absolute atomic E-state index is 0.415. The van der Waals surface area contributed by atoms with Gasteiger partial charge in [0.05, 0.1) is 16.9 Å². The molecule has 0 aliphatic rings. The molecule has 1 aromatic heterocycles. The van der Waals surface area contributed by atoms with E-state index in [1.165, 1.54) is 0 Å². The second-order valence-corrected chi connectivity index (χ2v) is 5.62. The quantitative estimate of drug-likeness (QED) is 0.248. The highest BCUT2D eigenvalue weighted by atomic mass is 32.2. The Bertz CT molecular complexity index is 536. The highest BCUT2D eigenvalue weighted by Crippen LogP contribution is 2.11. The van der Waals surface area contributed by atoms with E-state index >= 15 is 0 Å². The van der Waals surface area contributed by atoms with Crippen LogP contribution in [0.25, 0.3) is 0 Å². The van der Waals surface area contributed by atoms with Crippen molar-refractivity contribution in [2.45, 2.75) is 25.5 Å². The molecule has 120 valence electrons. The third-order valence-electron chi connectivity index (χ3n) is 2.78. The number of aromatic nitrogens is 2. The predicted octanol–water partition coefficient (Wildman–Crippen LogP) is 1.62. The minimum Gasteiger partial charge on any atom is -0.367 e. The molecule has 0 spiro atoms. The summed E-state index contributed by atoms with van der Waals surface area (Å²) in [6.07, 6.45) is 9.22. The summed E-state index contributed by atoms with van der Waals surface area (Å²) in [5, 5.41) is 16.6. The zero-order chi connectivity index (χ0) is 16.2. The molecule has 0 bridgehead atoms. The number of terminal acetylenes is 1. The number of hydrogen-bond acceptors (Lipinski definition) is 6. The van der Waals surface area contributed by atoms with Gasteiger partial charge in [0.15, 0.2) is 5.82 Å². The largest absolute Gasteiger partial charge is 0.367 e. The van der Waals surface area contributed by atoms with Crippen molar-refractivity contribution >= 4 is 11.8 Å². The van der Waals surface area contributed by atoms with Crippen LogP contribution in [0.5, 0.6) is 0 Å². The first-order chi connectivity index (χ1) is 10.6. The summed E-state index contributed by atoms with van der Waals surface area (Å²) in [6.45, 7) is 3.23. The molecule has 0 amide bonds. The Balaban J connectivity index is 2.24. The van der Waals surface area contributed by atoms with Gasteiger partial charge in [0.2, 0.25) is 0 Å². The average molecular weight is 323 g/mol. The van der Waals surface area contributed by atoms with Crippen LogP contribution in [-0.4, -0.2) is 33.7 Å². The van der Waals surface area contributed by atoms with Crippen molar-refractivity contribution in [3.8, 4) is 12.3 Å². The van der Waals surface area contributed by atoms with Crippen molar-refractivity contribution in [2.24, 2.45) is 0 Å². The summed E-state index contributed by atoms with van der Waals surface area (Å²) < 4.78 is 0. The van der Waals surface area contributed by atoms with Gasteiger partial charge in [0.1, 0.15) is 0 Å². The van der Waals surface area contributed by atoms with E-state index in [0.717, 1.165) is 35.5 Å². The monoisotopic (exact) mass is 323 g/mol. The molecule has 7 nitrogen and oxygen atoms in total. The molecule has 0 saturated heterocycles. The summed E-state index contributed by atoms with van der Waals surface area (Å²) in [4.78, 5) is 17.4. The van der Waals surface area contributed by atoms with E-state index < -0.39 is 4.92 Å². The number of nitrogens with zero attached hydrogens (tertiary/aromatic N) is 2. The maximum atomic E-state index is 10.6. The fourth-order valence-electron chi connectivity index (χ4n) is 1.63. The van der Waals surface area contributed by atoms with Gasteiger partial charge in [-0.15, -0.1) is 12.3 Å². The SMILES string of the molecule is C#CCCCN/C(=C/[N+](=O)[O-])NCCSCc1nc[nH]c1C. The van der Waals surface area contributed by atoms with Crippen molar-refractivity contribution in [2.75, 3.05) is 18.8 Å². The first-order valence-corrected chi connectivity index (χ1v) is 8.12. The number of thioether (sulfide) groups is 1. The van der Waals surface area contributed by atoms with Crippen LogP contribution in [0.3, 0.4) is 0 Å². The first-order valence-electron chi connectivity index (χ1n) is 6.96. The summed E-state index contributed by atoms with van der Waals surface area (Å²) in [7, 11) is 0. The third kappa shape index (κ3) is 7.59. The molecule has 0 radical (unpaired) electrons. The zero-order valence-corrected chi connectivity index (χ0v) is 13.4. The number of rotatable bonds is 11. The second kappa shape index (κ2) is 10.6. The normalized spacial score (nSPS) is 11.0. The molecule has 8 heteroatoms. The lowest BCUT2D eigenvalue weighted by Crippen LogP contribution is -2.29. The summed E-state index contributed by atoms with van der Waals surface area (Å²) in [6, 6.07) is 0. The standard InChI is InChI=1S/C14H21N5O2S/c1-3-4-5-6-15-14(9-19(20)21)16-7-8-22-10-13-12(2)17-11-18-13/h1,9,11,15-16H,4-8,10H2,2H3,(H,17,18)/b14-9-. The predicted molar refractivity (Wildman–Crippen MR) is 88.6 cm³/mol. The summed E-state index contributed by atoms with van der Waals surface area (Å²) in [5.41, 5.74) is 2.11. The van der Waals surface area contributed by atoms with Crippen LogP contribution in [0.4, 0.5) is 0 Å². The van der Waals surface area contributed by atoms with Crippen molar-refractivity contribution < 1.29 is 4.92 Å². The molecule has 0 aliphatic carbocycles. The fourth-order valence-corrected chi connectivity index (χ4v) is 2.51. The number of imidazole rings is 1. The molecule has 0 unspecified atom stereocenters. The number of hydrogen-bond donors (Lipinski definition) is 3. The lowest BCUT2D eigenvalue weighted by atomic mass is 10.3. The smallest absolute Gasteiger partial charge is 0.274 e. The molecule has 1 heterocycles. The summed E-state index contributed by atoms with van der Waals surface area (Å²) >= 11 is 1.72. The molecule has 22 heavy (non-hydrogen) atoms. The molecule has 0 saturated carbocycles. The Hall–Kier alpha value is -2.14. The number of aryl methyl sites for hydroxylation is 1. The van der Waals surface area contributed by atoms with Crippen LogP contribution in [0, 0.1) is 29.4 Å². The second-order valence-electron chi connectivity index (χ2n) is 4.52. The highest BCUT2D eigenvalue weighted by Gasteiger charge is 2.03. The van der Waals surface area contributed by atoms with E-state index in [-0.39, 0.29) is 0 Å². The fraction of sp³-hybridized carbons (Fsp3) is 0.500. The van der Waals surface area contributed by atoms with E-state index in [4.69, 9.17) is 6.42 Å². The van der Waals surface area contributed by atoms with E-state index in [1.54, 1.807) is 18.1 Å². The Morgan fingerprint density at radius 3 is 3.00 bits per heavy atom. The zero-order valence-electron chi connectivity index (χ0n) is 12.6. The van der Waals surface area contributed by atoms with Crippen LogP contribution >= 0.6 is 11.8 Å². The number of unbranched alkanes of at least 4 members (excludes halogenated alkanes) is 1. The van der Waals surface area contributed by atoms with Gasteiger partial charge in [-0.2, -0.15) is 11.8 Å². The van der Waals surface area contributed by atoms with Crippen LogP contribution in [0.2, 0.25) is 0 Å². The third-order valence-corrected chi connectivity index (χ3v) is 3.75. The van der Waals surface area contributed by atoms with E-state index in [1.807, 2.05) is 6.92 Å². The Morgan fingerprint density at radius 1 is 1.59 bits per heavy atom. The Kier molecular flexibility index (Phi) is 8.60. The number of aromatic amines is 1. The van der Waals surface area contributed by atoms with Gasteiger partial charge in [0, 0.05) is 36.7 Å². The maximum absolute atomic E-state index is 10.6. The Labute approximate surface area is 134 Å². The Morgan fingerprint density at radius 2 is 2.36 bits per heavy atom. The van der Waals surface area contributed by atoms with Crippen LogP contribution in [0.15, 0.2) is 18.3 Å². The molecule has 1 rings (SSSR count). The van der Waals surface area contributed by atoms with Gasteiger partial charge in [-0.1, -0.05) is 0 Å². The topological polar surface area (TPSA) is 95.9 Å². The van der Waals surface area contributed by atoms with Gasteiger partial charge >= 0.3 is 0 Å². The summed E-state index contributed by atoms with van der Waals surface area (Å²) in [5.74, 6) is 4.60. The molecule has 3 N–H and O–H groups in total. The lowest BCUT2D eigenvalue weighted by Gasteiger charge is -2.10. The highest BCUT2D eigenvalue weighted by molar-refractivity contribution is 7.98. The van der Waals surface area contributed by atoms with Crippen molar-refractivity contribution in [3.05, 3.63) is 39.9 Å². The maximum Gasteiger partial charge on any atom is 0.274 e. The molecule has 0 fully saturated rings. The first kappa shape index (κ1) is 17.9. The molecular weight excluding hydrogens is 302 g/mol. The molecular formula is C14H21N5O2S.